The van der Waals surface area contributed by atoms with Gasteiger partial charge in [0.15, 0.2) is 23.8 Å². The third kappa shape index (κ3) is 40.6. The zero-order chi connectivity index (χ0) is 106. The van der Waals surface area contributed by atoms with Gasteiger partial charge in [-0.25, -0.2) is 4.79 Å². The highest BCUT2D eigenvalue weighted by atomic mass is 16.4. The van der Waals surface area contributed by atoms with E-state index in [0.717, 1.165) is 10.9 Å². The van der Waals surface area contributed by atoms with Crippen molar-refractivity contribution in [1.29, 1.82) is 0 Å². The normalized spacial score (nSPS) is 14.1. The third-order valence-corrected chi connectivity index (χ3v) is 22.5. The molecule has 51 heteroatoms. The molecule has 3 aromatic heterocycles. The number of hydrogen-bond donors (Lipinski definition) is 30. The molecule has 0 radical (unpaired) electrons. The van der Waals surface area contributed by atoms with E-state index < -0.39 is 205 Å². The molecule has 0 spiro atoms. The fraction of sp³-hybridized carbons (Fsp3) is 0.511. The Balaban J connectivity index is 1.22. The summed E-state index contributed by atoms with van der Waals surface area (Å²) in [5.74, 6) is -19.2. The van der Waals surface area contributed by atoms with Crippen LogP contribution in [0.4, 0.5) is 0 Å². The Labute approximate surface area is 824 Å². The molecule has 0 aliphatic carbocycles. The Bertz CT molecular complexity index is 5480. The van der Waals surface area contributed by atoms with E-state index in [2.05, 4.69) is 115 Å². The number of nitrogens with two attached hydrogens (primary N) is 9. The van der Waals surface area contributed by atoms with Crippen molar-refractivity contribution in [2.24, 2.45) is 83.4 Å². The van der Waals surface area contributed by atoms with Crippen LogP contribution in [0.2, 0.25) is 0 Å². The number of aromatic amines is 3. The maximum absolute atomic E-state index is 15.3. The number of carboxylic acids is 2. The molecule has 3 heterocycles. The number of nitrogens with zero attached hydrogens (tertiary/aromatic N) is 4. The predicted octanol–water partition coefficient (Wildman–Crippen LogP) is -5.89. The zero-order valence-corrected chi connectivity index (χ0v) is 81.1. The first-order valence-electron chi connectivity index (χ1n) is 47.0. The highest BCUT2D eigenvalue weighted by Gasteiger charge is 2.39. The maximum atomic E-state index is 15.3. The number of rotatable bonds is 63. The van der Waals surface area contributed by atoms with E-state index in [0.29, 0.717) is 44.9 Å². The summed E-state index contributed by atoms with van der Waals surface area (Å²) in [6, 6.07) is 1.13. The largest absolute Gasteiger partial charge is 0.481 e. The SMILES string of the molecule is CC(=O)N[C@@H](Cc1c[nH]c2ccccc12)C(=O)N[C@@H](Cc1c[nH]c2ccccc12)C(=O)N[C@H](C(=O)N[C@@H](CCCN=C(N)N)C(=O)N[C@@H](CCCN=C(N)N)C(=O)N[C@@H](Cc1c[nH]c2ccccc12)C(=O)N[C@@H](CCCN=C(N)N)C(=O)NCC(=O)N[C@@H](CC(=O)O)C(=O)N[C@@H](CCCCN)C(=O)N[C@@H](CC(C)C)C(=O)NCC(=O)N[C@@H](CC(C)C)C(=O)N[C@@H](C)C(=O)N[C@@H](CCCN=C(N)N)C(=O)O)[C@@H](C)O. The van der Waals surface area contributed by atoms with Crippen molar-refractivity contribution < 1.29 is 96.8 Å². The highest BCUT2D eigenvalue weighted by molar-refractivity contribution is 6.02. The Morgan fingerprint density at radius 1 is 0.336 bits per heavy atom. The van der Waals surface area contributed by atoms with E-state index in [4.69, 9.17) is 51.6 Å². The van der Waals surface area contributed by atoms with E-state index in [9.17, 15) is 82.4 Å². The van der Waals surface area contributed by atoms with Crippen molar-refractivity contribution >= 4 is 157 Å². The number of aliphatic carboxylic acids is 2. The van der Waals surface area contributed by atoms with Gasteiger partial charge in [-0.05, 0) is 151 Å². The molecule has 143 heavy (non-hydrogen) atoms. The van der Waals surface area contributed by atoms with Gasteiger partial charge in [0.25, 0.3) is 0 Å². The number of aromatic nitrogens is 3. The molecule has 782 valence electrons. The number of amides is 15. The minimum absolute atomic E-state index is 0.0331. The summed E-state index contributed by atoms with van der Waals surface area (Å²) in [4.78, 5) is 264. The lowest BCUT2D eigenvalue weighted by molar-refractivity contribution is -0.142. The maximum Gasteiger partial charge on any atom is 0.326 e. The van der Waals surface area contributed by atoms with E-state index in [1.807, 2.05) is 18.2 Å². The van der Waals surface area contributed by atoms with Gasteiger partial charge >= 0.3 is 11.9 Å². The second-order valence-electron chi connectivity index (χ2n) is 35.3. The summed E-state index contributed by atoms with van der Waals surface area (Å²) in [5.41, 5.74) is 54.2. The number of benzene rings is 3. The first-order chi connectivity index (χ1) is 67.8. The fourth-order valence-electron chi connectivity index (χ4n) is 15.4. The average Bonchev–Trinajstić information content (AvgIpc) is 1.63. The minimum Gasteiger partial charge on any atom is -0.481 e. The van der Waals surface area contributed by atoms with Crippen LogP contribution in [0, 0.1) is 11.8 Å². The number of aliphatic hydroxyl groups is 1. The summed E-state index contributed by atoms with van der Waals surface area (Å²) < 4.78 is 0. The standard InChI is InChI=1S/C92H139N31O20/c1-47(2)36-66(78(132)110-46-72(126)113-67(37-48(3)4)82(136)111-49(5)76(130)119-65(88(142)143)30-19-35-105-92(100)101)120-80(134)62(26-14-15-31-93)117-85(139)71(41-74(128)129)114-73(127)45-109-77(131)61(27-16-32-102-89(94)95)115-84(138)69(39-53-43-107-59-24-12-9-21-56(53)59)121-81(135)63(28-17-33-103-90(96)97)116-79(133)64(29-18-34-104-91(98)99)118-87(141)75(50(6)124)123-86(140)70(40-54-44-108-60-25-13-10-22-57(54)60)122-83(137)68(112-51(7)125)38-52-42-106-58-23-11-8-20-55(52)58/h8-13,20-25,42-44,47-50,61-71,75,106-108,124H,14-19,26-41,45-46,93H2,1-7H3,(H,109,131)(H,110,132)(H,111,136)(H,112,125)(H,113,126)(H,114,127)(H,115,138)(H,116,133)(H,117,139)(H,118,141)(H,119,130)(H,120,134)(H,121,135)(H,122,137)(H,123,140)(H,128,129)(H,142,143)(H4,94,95,102)(H4,96,97,103)(H4,98,99,104)(H4,100,101,105)/t49-,50+,61-,62-,63-,64-,65-,66-,67-,68-,69-,70-,71-,75-/m0/s1. The zero-order valence-electron chi connectivity index (χ0n) is 81.1. The van der Waals surface area contributed by atoms with Gasteiger partial charge in [-0.3, -0.25) is 96.7 Å². The minimum atomic E-state index is -1.97. The van der Waals surface area contributed by atoms with Gasteiger partial charge in [0, 0.05) is 104 Å². The molecule has 6 aromatic rings. The van der Waals surface area contributed by atoms with Crippen LogP contribution < -0.4 is 131 Å². The van der Waals surface area contributed by atoms with E-state index in [-0.39, 0.29) is 165 Å². The molecule has 39 N–H and O–H groups in total. The third-order valence-electron chi connectivity index (χ3n) is 22.5. The Kier molecular flexibility index (Phi) is 47.8. The van der Waals surface area contributed by atoms with Gasteiger partial charge in [0.1, 0.15) is 78.5 Å². The number of carboxylic acid groups (broad SMARTS) is 2. The Hall–Kier alpha value is -15.7. The van der Waals surface area contributed by atoms with Crippen LogP contribution in [-0.2, 0) is 101 Å². The van der Waals surface area contributed by atoms with Gasteiger partial charge in [0.2, 0.25) is 88.6 Å². The summed E-state index contributed by atoms with van der Waals surface area (Å²) in [7, 11) is 0. The van der Waals surface area contributed by atoms with Crippen molar-refractivity contribution in [2.45, 2.75) is 242 Å². The van der Waals surface area contributed by atoms with Gasteiger partial charge in [-0.1, -0.05) is 82.3 Å². The summed E-state index contributed by atoms with van der Waals surface area (Å²) >= 11 is 0. The molecule has 0 fully saturated rings. The molecule has 0 saturated heterocycles. The molecule has 0 aliphatic heterocycles. The topological polar surface area (TPSA) is 862 Å². The molecular formula is C92H139N31O20. The molecule has 15 amide bonds. The lowest BCUT2D eigenvalue weighted by atomic mass is 10.0. The van der Waals surface area contributed by atoms with Crippen LogP contribution >= 0.6 is 0 Å². The first-order valence-corrected chi connectivity index (χ1v) is 47.0. The van der Waals surface area contributed by atoms with Crippen molar-refractivity contribution in [3.8, 4) is 0 Å². The smallest absolute Gasteiger partial charge is 0.326 e. The number of unbranched alkanes of at least 4 members (excludes halogenated alkanes) is 1. The molecule has 14 atom stereocenters. The lowest BCUT2D eigenvalue weighted by Crippen LogP contribution is -2.62. The number of nitrogens with one attached hydrogen (secondary N) is 18. The van der Waals surface area contributed by atoms with Crippen LogP contribution in [0.3, 0.4) is 0 Å². The fourth-order valence-corrected chi connectivity index (χ4v) is 15.4. The molecular weight excluding hydrogens is 1860 g/mol. The Morgan fingerprint density at radius 2 is 0.636 bits per heavy atom. The Morgan fingerprint density at radius 3 is 1.00 bits per heavy atom. The summed E-state index contributed by atoms with van der Waals surface area (Å²) in [5, 5.41) is 71.4. The van der Waals surface area contributed by atoms with E-state index in [1.165, 1.54) is 20.8 Å². The predicted molar refractivity (Wildman–Crippen MR) is 532 cm³/mol. The summed E-state index contributed by atoms with van der Waals surface area (Å²) in [6.07, 6.45) is 0.909. The number of para-hydroxylation sites is 3. The van der Waals surface area contributed by atoms with Gasteiger partial charge in [0.05, 0.1) is 25.6 Å². The van der Waals surface area contributed by atoms with Crippen molar-refractivity contribution in [2.75, 3.05) is 45.8 Å². The van der Waals surface area contributed by atoms with Crippen molar-refractivity contribution in [1.82, 2.24) is 94.7 Å². The number of guanidine groups is 4. The molecule has 0 aliphatic rings. The van der Waals surface area contributed by atoms with Gasteiger partial charge in [-0.15, -0.1) is 0 Å². The number of hydrogen-bond acceptors (Lipinski definition) is 23. The molecule has 0 bridgehead atoms. The second kappa shape index (κ2) is 59.0. The number of fused-ring (bicyclic) bond motifs is 3. The van der Waals surface area contributed by atoms with Crippen molar-refractivity contribution in [3.05, 3.63) is 108 Å². The quantitative estimate of drug-likeness (QED) is 0.00960. The number of carbonyl (C=O) groups excluding carboxylic acids is 15. The monoisotopic (exact) mass is 2000 g/mol. The average molecular weight is 2000 g/mol. The molecule has 51 nitrogen and oxygen atoms in total. The summed E-state index contributed by atoms with van der Waals surface area (Å²) in [6.45, 7) is 8.70. The van der Waals surface area contributed by atoms with Gasteiger partial charge in [-0.2, -0.15) is 0 Å². The van der Waals surface area contributed by atoms with E-state index in [1.54, 1.807) is 101 Å². The van der Waals surface area contributed by atoms with Gasteiger partial charge < -0.3 is 162 Å². The van der Waals surface area contributed by atoms with Crippen LogP contribution in [0.5, 0.6) is 0 Å². The van der Waals surface area contributed by atoms with Crippen molar-refractivity contribution in [3.63, 3.8) is 0 Å². The van der Waals surface area contributed by atoms with Crippen LogP contribution in [0.25, 0.3) is 32.7 Å². The van der Waals surface area contributed by atoms with Crippen LogP contribution in [0.1, 0.15) is 155 Å². The van der Waals surface area contributed by atoms with Crippen LogP contribution in [-0.4, -0.2) is 285 Å². The molecule has 0 unspecified atom stereocenters. The molecule has 3 aromatic carbocycles. The van der Waals surface area contributed by atoms with E-state index >= 15 is 14.4 Å². The second-order valence-corrected chi connectivity index (χ2v) is 35.3. The number of H-pyrrole nitrogens is 3. The number of aliphatic hydroxyl groups excluding tert-OH is 1. The van der Waals surface area contributed by atoms with Crippen LogP contribution in [0.15, 0.2) is 111 Å². The number of carbonyl (C=O) groups is 17. The first kappa shape index (κ1) is 116. The molecule has 0 saturated carbocycles. The highest BCUT2D eigenvalue weighted by Crippen LogP contribution is 2.24. The number of aliphatic imine (C=N–C) groups is 4. The lowest BCUT2D eigenvalue weighted by Gasteiger charge is -2.29. The molecule has 6 rings (SSSR count).